The van der Waals surface area contributed by atoms with Gasteiger partial charge in [0.25, 0.3) is 0 Å². The second-order valence-corrected chi connectivity index (χ2v) is 5.00. The van der Waals surface area contributed by atoms with Crippen molar-refractivity contribution in [3.63, 3.8) is 0 Å². The molecule has 0 radical (unpaired) electrons. The molecule has 0 aromatic heterocycles. The summed E-state index contributed by atoms with van der Waals surface area (Å²) in [5, 5.41) is 27.6. The lowest BCUT2D eigenvalue weighted by Gasteiger charge is -2.23. The largest absolute Gasteiger partial charge is 0.395 e. The monoisotopic (exact) mass is 296 g/mol. The molecule has 0 saturated heterocycles. The Balaban J connectivity index is 2.22. The topological polar surface area (TPSA) is 67.5 Å². The quantitative estimate of drug-likeness (QED) is 0.821. The fraction of sp³-hybridized carbons (Fsp3) is 0.278. The third-order valence-corrected chi connectivity index (χ3v) is 3.59. The van der Waals surface area contributed by atoms with Crippen LogP contribution in [0.3, 0.4) is 0 Å². The Kier molecular flexibility index (Phi) is 5.96. The number of hydrogen-bond acceptors (Lipinski definition) is 4. The van der Waals surface area contributed by atoms with E-state index in [0.29, 0.717) is 13.1 Å². The van der Waals surface area contributed by atoms with Crippen molar-refractivity contribution in [1.82, 2.24) is 0 Å². The van der Waals surface area contributed by atoms with Gasteiger partial charge < -0.3 is 15.1 Å². The van der Waals surface area contributed by atoms with Gasteiger partial charge in [0.1, 0.15) is 0 Å². The molecule has 0 aliphatic rings. The summed E-state index contributed by atoms with van der Waals surface area (Å²) >= 11 is 0. The molecule has 2 rings (SSSR count). The SMILES string of the molecule is N#CC(c1ccccc1)c1ccc(N(CCO)CCO)cc1. The van der Waals surface area contributed by atoms with Gasteiger partial charge in [-0.25, -0.2) is 0 Å². The van der Waals surface area contributed by atoms with Gasteiger partial charge in [0.2, 0.25) is 0 Å². The number of nitriles is 1. The van der Waals surface area contributed by atoms with Gasteiger partial charge in [-0.05, 0) is 23.3 Å². The minimum Gasteiger partial charge on any atom is -0.395 e. The number of aliphatic hydroxyl groups is 2. The first-order valence-corrected chi connectivity index (χ1v) is 7.31. The molecule has 1 unspecified atom stereocenters. The molecule has 0 bridgehead atoms. The summed E-state index contributed by atoms with van der Waals surface area (Å²) in [7, 11) is 0. The summed E-state index contributed by atoms with van der Waals surface area (Å²) < 4.78 is 0. The number of nitrogens with zero attached hydrogens (tertiary/aromatic N) is 2. The third-order valence-electron chi connectivity index (χ3n) is 3.59. The minimum atomic E-state index is -0.292. The number of hydrogen-bond donors (Lipinski definition) is 2. The summed E-state index contributed by atoms with van der Waals surface area (Å²) in [6, 6.07) is 19.7. The van der Waals surface area contributed by atoms with Gasteiger partial charge in [-0.1, -0.05) is 42.5 Å². The smallest absolute Gasteiger partial charge is 0.0962 e. The van der Waals surface area contributed by atoms with E-state index in [1.54, 1.807) is 0 Å². The highest BCUT2D eigenvalue weighted by molar-refractivity contribution is 5.50. The molecule has 0 amide bonds. The van der Waals surface area contributed by atoms with Crippen LogP contribution in [0, 0.1) is 11.3 Å². The van der Waals surface area contributed by atoms with Gasteiger partial charge in [0, 0.05) is 18.8 Å². The lowest BCUT2D eigenvalue weighted by atomic mass is 9.92. The standard InChI is InChI=1S/C18H20N2O2/c19-14-18(15-4-2-1-3-5-15)16-6-8-17(9-7-16)20(10-12-21)11-13-22/h1-9,18,21-22H,10-13H2. The van der Waals surface area contributed by atoms with Gasteiger partial charge in [-0.15, -0.1) is 0 Å². The zero-order valence-electron chi connectivity index (χ0n) is 12.4. The van der Waals surface area contributed by atoms with Crippen molar-refractivity contribution in [3.05, 3.63) is 65.7 Å². The molecule has 0 saturated carbocycles. The molecule has 2 N–H and O–H groups in total. The zero-order valence-corrected chi connectivity index (χ0v) is 12.4. The van der Waals surface area contributed by atoms with Crippen molar-refractivity contribution in [2.24, 2.45) is 0 Å². The Morgan fingerprint density at radius 1 is 0.864 bits per heavy atom. The van der Waals surface area contributed by atoms with Crippen molar-refractivity contribution in [3.8, 4) is 6.07 Å². The Bertz CT molecular complexity index is 599. The molecule has 4 heteroatoms. The van der Waals surface area contributed by atoms with Crippen LogP contribution in [0.4, 0.5) is 5.69 Å². The lowest BCUT2D eigenvalue weighted by Crippen LogP contribution is -2.29. The molecule has 0 heterocycles. The molecule has 22 heavy (non-hydrogen) atoms. The molecule has 0 fully saturated rings. The van der Waals surface area contributed by atoms with Gasteiger partial charge >= 0.3 is 0 Å². The normalized spacial score (nSPS) is 11.7. The molecule has 0 aliphatic heterocycles. The Labute approximate surface area is 130 Å². The summed E-state index contributed by atoms with van der Waals surface area (Å²) in [4.78, 5) is 1.91. The van der Waals surface area contributed by atoms with E-state index in [2.05, 4.69) is 6.07 Å². The average molecular weight is 296 g/mol. The lowest BCUT2D eigenvalue weighted by molar-refractivity contribution is 0.281. The molecule has 1 atom stereocenters. The van der Waals surface area contributed by atoms with Crippen molar-refractivity contribution in [2.75, 3.05) is 31.2 Å². The predicted molar refractivity (Wildman–Crippen MR) is 86.7 cm³/mol. The van der Waals surface area contributed by atoms with Gasteiger partial charge in [-0.2, -0.15) is 5.26 Å². The maximum Gasteiger partial charge on any atom is 0.0962 e. The van der Waals surface area contributed by atoms with Crippen LogP contribution < -0.4 is 4.90 Å². The first kappa shape index (κ1) is 16.0. The van der Waals surface area contributed by atoms with Crippen LogP contribution in [0.15, 0.2) is 54.6 Å². The van der Waals surface area contributed by atoms with Gasteiger partial charge in [-0.3, -0.25) is 0 Å². The van der Waals surface area contributed by atoms with Crippen molar-refractivity contribution >= 4 is 5.69 Å². The molecule has 0 aliphatic carbocycles. The van der Waals surface area contributed by atoms with E-state index in [0.717, 1.165) is 16.8 Å². The highest BCUT2D eigenvalue weighted by Crippen LogP contribution is 2.26. The molecule has 114 valence electrons. The first-order chi connectivity index (χ1) is 10.8. The van der Waals surface area contributed by atoms with Crippen molar-refractivity contribution in [2.45, 2.75) is 5.92 Å². The molecule has 0 spiro atoms. The maximum atomic E-state index is 9.45. The number of aliphatic hydroxyl groups excluding tert-OH is 2. The van der Waals surface area contributed by atoms with Crippen molar-refractivity contribution < 1.29 is 10.2 Å². The number of benzene rings is 2. The van der Waals surface area contributed by atoms with E-state index < -0.39 is 0 Å². The van der Waals surface area contributed by atoms with Crippen LogP contribution in [0.1, 0.15) is 17.0 Å². The average Bonchev–Trinajstić information content (AvgIpc) is 2.57. The van der Waals surface area contributed by atoms with E-state index in [1.165, 1.54) is 0 Å². The predicted octanol–water partition coefficient (Wildman–Crippen LogP) is 2.13. The molecular formula is C18H20N2O2. The number of anilines is 1. The van der Waals surface area contributed by atoms with E-state index >= 15 is 0 Å². The molecular weight excluding hydrogens is 276 g/mol. The van der Waals surface area contributed by atoms with Crippen molar-refractivity contribution in [1.29, 1.82) is 5.26 Å². The van der Waals surface area contributed by atoms with Crippen LogP contribution in [-0.4, -0.2) is 36.5 Å². The van der Waals surface area contributed by atoms with E-state index in [-0.39, 0.29) is 19.1 Å². The zero-order chi connectivity index (χ0) is 15.8. The Morgan fingerprint density at radius 2 is 1.41 bits per heavy atom. The minimum absolute atomic E-state index is 0.0343. The van der Waals surface area contributed by atoms with Gasteiger partial charge in [0.05, 0.1) is 25.2 Å². The van der Waals surface area contributed by atoms with Crippen LogP contribution in [0.2, 0.25) is 0 Å². The van der Waals surface area contributed by atoms with E-state index in [4.69, 9.17) is 10.2 Å². The third kappa shape index (κ3) is 3.85. The maximum absolute atomic E-state index is 9.45. The Hall–Kier alpha value is -2.35. The van der Waals surface area contributed by atoms with Crippen LogP contribution >= 0.6 is 0 Å². The summed E-state index contributed by atoms with van der Waals surface area (Å²) in [6.07, 6.45) is 0. The van der Waals surface area contributed by atoms with Crippen LogP contribution in [0.5, 0.6) is 0 Å². The molecule has 2 aromatic rings. The highest BCUT2D eigenvalue weighted by Gasteiger charge is 2.13. The summed E-state index contributed by atoms with van der Waals surface area (Å²) in [5.41, 5.74) is 2.84. The number of rotatable bonds is 7. The second kappa shape index (κ2) is 8.18. The highest BCUT2D eigenvalue weighted by atomic mass is 16.3. The fourth-order valence-corrected chi connectivity index (χ4v) is 2.48. The van der Waals surface area contributed by atoms with E-state index in [1.807, 2.05) is 59.5 Å². The van der Waals surface area contributed by atoms with Gasteiger partial charge in [0.15, 0.2) is 0 Å². The summed E-state index contributed by atoms with van der Waals surface area (Å²) in [5.74, 6) is -0.292. The van der Waals surface area contributed by atoms with E-state index in [9.17, 15) is 5.26 Å². The fourth-order valence-electron chi connectivity index (χ4n) is 2.48. The Morgan fingerprint density at radius 3 is 1.91 bits per heavy atom. The second-order valence-electron chi connectivity index (χ2n) is 5.00. The molecule has 4 nitrogen and oxygen atoms in total. The van der Waals surface area contributed by atoms with Crippen LogP contribution in [0.25, 0.3) is 0 Å². The first-order valence-electron chi connectivity index (χ1n) is 7.31. The summed E-state index contributed by atoms with van der Waals surface area (Å²) in [6.45, 7) is 1.01. The molecule has 2 aromatic carbocycles. The van der Waals surface area contributed by atoms with Crippen LogP contribution in [-0.2, 0) is 0 Å².